The molecule has 0 saturated heterocycles. The highest BCUT2D eigenvalue weighted by atomic mass is 35.5. The van der Waals surface area contributed by atoms with Gasteiger partial charge in [0.1, 0.15) is 7.05 Å². The van der Waals surface area contributed by atoms with E-state index in [2.05, 4.69) is 27.9 Å². The second kappa shape index (κ2) is 7.34. The fraction of sp³-hybridized carbons (Fsp3) is 0.235. The first kappa shape index (κ1) is 18.4. The predicted octanol–water partition coefficient (Wildman–Crippen LogP) is -1.24. The maximum atomic E-state index is 11.6. The van der Waals surface area contributed by atoms with Crippen LogP contribution in [0.25, 0.3) is 22.0 Å². The normalized spacial score (nSPS) is 11.4. The van der Waals surface area contributed by atoms with Gasteiger partial charge in [-0.05, 0) is 36.7 Å². The minimum Gasteiger partial charge on any atom is -1.00 e. The van der Waals surface area contributed by atoms with E-state index in [0.717, 1.165) is 27.6 Å². The van der Waals surface area contributed by atoms with Crippen LogP contribution in [0, 0.1) is 0 Å². The summed E-state index contributed by atoms with van der Waals surface area (Å²) in [4.78, 5) is 3.27. The van der Waals surface area contributed by atoms with E-state index in [1.165, 1.54) is 7.05 Å². The van der Waals surface area contributed by atoms with Crippen molar-refractivity contribution >= 4 is 20.9 Å². The van der Waals surface area contributed by atoms with Gasteiger partial charge in [0.25, 0.3) is 0 Å². The third kappa shape index (κ3) is 3.95. The maximum absolute atomic E-state index is 11.6. The Morgan fingerprint density at radius 2 is 1.88 bits per heavy atom. The molecule has 2 heterocycles. The predicted molar refractivity (Wildman–Crippen MR) is 91.5 cm³/mol. The lowest BCUT2D eigenvalue weighted by Gasteiger charge is -2.04. The van der Waals surface area contributed by atoms with Crippen LogP contribution in [0.5, 0.6) is 0 Å². The van der Waals surface area contributed by atoms with Crippen molar-refractivity contribution in [3.63, 3.8) is 0 Å². The molecule has 1 aromatic carbocycles. The molecular formula is C17H20ClN3O2S. The van der Waals surface area contributed by atoms with Crippen molar-refractivity contribution in [3.05, 3.63) is 54.5 Å². The summed E-state index contributed by atoms with van der Waals surface area (Å²) in [6, 6.07) is 10.2. The van der Waals surface area contributed by atoms with Gasteiger partial charge in [0.15, 0.2) is 12.4 Å². The third-order valence-corrected chi connectivity index (χ3v) is 5.37. The van der Waals surface area contributed by atoms with Crippen molar-refractivity contribution in [2.24, 2.45) is 7.05 Å². The molecule has 2 aromatic heterocycles. The number of aromatic nitrogens is 2. The zero-order valence-corrected chi connectivity index (χ0v) is 15.2. The van der Waals surface area contributed by atoms with Crippen molar-refractivity contribution in [2.75, 3.05) is 12.8 Å². The van der Waals surface area contributed by atoms with Gasteiger partial charge in [-0.1, -0.05) is 6.07 Å². The van der Waals surface area contributed by atoms with Gasteiger partial charge in [-0.25, -0.2) is 17.7 Å². The van der Waals surface area contributed by atoms with E-state index < -0.39 is 10.0 Å². The number of pyridine rings is 1. The zero-order valence-electron chi connectivity index (χ0n) is 13.6. The highest BCUT2D eigenvalue weighted by Crippen LogP contribution is 2.28. The van der Waals surface area contributed by atoms with Gasteiger partial charge in [0.05, 0.1) is 5.75 Å². The molecule has 0 atom stereocenters. The van der Waals surface area contributed by atoms with E-state index >= 15 is 0 Å². The van der Waals surface area contributed by atoms with E-state index in [0.29, 0.717) is 6.42 Å². The largest absolute Gasteiger partial charge is 1.00 e. The minimum atomic E-state index is -3.19. The van der Waals surface area contributed by atoms with Crippen LogP contribution < -0.4 is 21.7 Å². The average Bonchev–Trinajstić information content (AvgIpc) is 2.97. The van der Waals surface area contributed by atoms with Crippen LogP contribution in [0.3, 0.4) is 0 Å². The van der Waals surface area contributed by atoms with Crippen molar-refractivity contribution in [1.29, 1.82) is 0 Å². The minimum absolute atomic E-state index is 0. The van der Waals surface area contributed by atoms with Gasteiger partial charge in [0, 0.05) is 34.8 Å². The number of benzene rings is 1. The Labute approximate surface area is 148 Å². The summed E-state index contributed by atoms with van der Waals surface area (Å²) in [5.74, 6) is 0.0932. The van der Waals surface area contributed by atoms with Gasteiger partial charge in [-0.3, -0.25) is 0 Å². The molecule has 0 aliphatic rings. The third-order valence-electron chi connectivity index (χ3n) is 4.01. The fourth-order valence-electron chi connectivity index (χ4n) is 2.60. The lowest BCUT2D eigenvalue weighted by atomic mass is 10.0. The number of H-pyrrole nitrogens is 1. The van der Waals surface area contributed by atoms with E-state index in [1.807, 2.05) is 42.3 Å². The van der Waals surface area contributed by atoms with Crippen molar-refractivity contribution in [1.82, 2.24) is 9.71 Å². The van der Waals surface area contributed by atoms with Gasteiger partial charge in [-0.15, -0.1) is 0 Å². The smallest absolute Gasteiger partial charge is 0.211 e. The summed E-state index contributed by atoms with van der Waals surface area (Å²) in [5.41, 5.74) is 4.32. The number of nitrogens with zero attached hydrogens (tertiary/aromatic N) is 1. The van der Waals surface area contributed by atoms with Gasteiger partial charge in [-0.2, -0.15) is 0 Å². The van der Waals surface area contributed by atoms with Crippen LogP contribution >= 0.6 is 0 Å². The molecule has 5 nitrogen and oxygen atoms in total. The lowest BCUT2D eigenvalue weighted by Crippen LogP contribution is -3.00. The van der Waals surface area contributed by atoms with Gasteiger partial charge < -0.3 is 17.4 Å². The number of hydrogen-bond acceptors (Lipinski definition) is 2. The molecule has 128 valence electrons. The number of aromatic amines is 1. The summed E-state index contributed by atoms with van der Waals surface area (Å²) in [6.45, 7) is 0. The Morgan fingerprint density at radius 3 is 2.54 bits per heavy atom. The SMILES string of the molecule is CNS(=O)(=O)CCc1ccc2[nH]cc(-c3cc[n+](C)cc3)c2c1.[Cl-]. The zero-order chi connectivity index (χ0) is 16.4. The molecule has 0 spiro atoms. The Kier molecular flexibility index (Phi) is 5.64. The molecule has 3 aromatic rings. The molecule has 7 heteroatoms. The first-order valence-corrected chi connectivity index (χ1v) is 9.10. The summed E-state index contributed by atoms with van der Waals surface area (Å²) >= 11 is 0. The molecule has 0 aliphatic carbocycles. The summed E-state index contributed by atoms with van der Waals surface area (Å²) < 4.78 is 27.5. The fourth-order valence-corrected chi connectivity index (χ4v) is 3.31. The molecule has 3 rings (SSSR count). The number of rotatable bonds is 5. The Hall–Kier alpha value is -1.89. The topological polar surface area (TPSA) is 65.8 Å². The Morgan fingerprint density at radius 1 is 1.17 bits per heavy atom. The van der Waals surface area contributed by atoms with Crippen LogP contribution in [-0.2, 0) is 23.5 Å². The molecule has 0 bridgehead atoms. The van der Waals surface area contributed by atoms with E-state index in [9.17, 15) is 8.42 Å². The summed E-state index contributed by atoms with van der Waals surface area (Å²) in [7, 11) is 0.243. The molecule has 0 amide bonds. The average molecular weight is 366 g/mol. The van der Waals surface area contributed by atoms with Crippen LogP contribution in [0.4, 0.5) is 0 Å². The summed E-state index contributed by atoms with van der Waals surface area (Å²) in [6.07, 6.45) is 6.51. The van der Waals surface area contributed by atoms with E-state index in [1.54, 1.807) is 0 Å². The van der Waals surface area contributed by atoms with Crippen LogP contribution in [0.15, 0.2) is 48.9 Å². The number of hydrogen-bond donors (Lipinski definition) is 2. The van der Waals surface area contributed by atoms with Gasteiger partial charge >= 0.3 is 0 Å². The monoisotopic (exact) mass is 365 g/mol. The highest BCUT2D eigenvalue weighted by Gasteiger charge is 2.10. The Bertz CT molecular complexity index is 934. The molecule has 0 radical (unpaired) electrons. The number of sulfonamides is 1. The van der Waals surface area contributed by atoms with E-state index in [4.69, 9.17) is 0 Å². The first-order valence-electron chi connectivity index (χ1n) is 7.45. The number of halogens is 1. The maximum Gasteiger partial charge on any atom is 0.211 e. The number of fused-ring (bicyclic) bond motifs is 1. The standard InChI is InChI=1S/C17H19N3O2S.ClH/c1-18-23(21,22)10-7-13-3-4-17-15(11-13)16(12-19-17)14-5-8-20(2)9-6-14;/h3-6,8-9,11-12,18H,7,10H2,1-2H3;1H. The van der Waals surface area contributed by atoms with Crippen LogP contribution in [0.1, 0.15) is 5.56 Å². The Balaban J connectivity index is 0.00000208. The van der Waals surface area contributed by atoms with Crippen LogP contribution in [-0.4, -0.2) is 26.2 Å². The van der Waals surface area contributed by atoms with E-state index in [-0.39, 0.29) is 18.2 Å². The quantitative estimate of drug-likeness (QED) is 0.555. The van der Waals surface area contributed by atoms with Crippen molar-refractivity contribution < 1.29 is 25.4 Å². The highest BCUT2D eigenvalue weighted by molar-refractivity contribution is 7.89. The lowest BCUT2D eigenvalue weighted by molar-refractivity contribution is -0.671. The summed E-state index contributed by atoms with van der Waals surface area (Å²) in [5, 5.41) is 1.11. The molecule has 24 heavy (non-hydrogen) atoms. The van der Waals surface area contributed by atoms with Crippen molar-refractivity contribution in [3.8, 4) is 11.1 Å². The molecule has 0 saturated carbocycles. The van der Waals surface area contributed by atoms with Gasteiger partial charge in [0.2, 0.25) is 10.0 Å². The second-order valence-corrected chi connectivity index (χ2v) is 7.65. The molecule has 0 unspecified atom stereocenters. The first-order chi connectivity index (χ1) is 11.0. The molecule has 0 aliphatic heterocycles. The van der Waals surface area contributed by atoms with Crippen molar-refractivity contribution in [2.45, 2.75) is 6.42 Å². The molecule has 2 N–H and O–H groups in total. The molecule has 0 fully saturated rings. The second-order valence-electron chi connectivity index (χ2n) is 5.61. The van der Waals surface area contributed by atoms with Crippen LogP contribution in [0.2, 0.25) is 0 Å². The molecular weight excluding hydrogens is 346 g/mol. The number of nitrogens with one attached hydrogen (secondary N) is 2. The number of aryl methyl sites for hydroxylation is 2.